The number of benzene rings is 1. The van der Waals surface area contributed by atoms with E-state index in [9.17, 15) is 14.4 Å². The van der Waals surface area contributed by atoms with Crippen molar-refractivity contribution < 1.29 is 14.4 Å². The van der Waals surface area contributed by atoms with E-state index in [2.05, 4.69) is 16.0 Å². The van der Waals surface area contributed by atoms with Crippen molar-refractivity contribution in [3.8, 4) is 0 Å². The number of amides is 3. The molecule has 0 fully saturated rings. The standard InChI is InChI=1S/C16H16ClN3O3S/c17-8-13(21)20-16-12(6-7-24-16)15(23)19-10-14(22)18-9-11-4-2-1-3-5-11/h1-7H,8-10H2,(H,18,22)(H,19,23)(H,20,21). The summed E-state index contributed by atoms with van der Waals surface area (Å²) in [5.74, 6) is -1.32. The lowest BCUT2D eigenvalue weighted by Crippen LogP contribution is -2.36. The van der Waals surface area contributed by atoms with Crippen molar-refractivity contribution in [1.82, 2.24) is 10.6 Å². The highest BCUT2D eigenvalue weighted by Crippen LogP contribution is 2.23. The van der Waals surface area contributed by atoms with Crippen LogP contribution in [0.4, 0.5) is 5.00 Å². The molecule has 1 aromatic heterocycles. The molecule has 1 heterocycles. The summed E-state index contributed by atoms with van der Waals surface area (Å²) in [5.41, 5.74) is 1.27. The van der Waals surface area contributed by atoms with Crippen molar-refractivity contribution in [3.63, 3.8) is 0 Å². The van der Waals surface area contributed by atoms with Gasteiger partial charge < -0.3 is 16.0 Å². The molecule has 2 rings (SSSR count). The Morgan fingerprint density at radius 2 is 1.75 bits per heavy atom. The second-order valence-electron chi connectivity index (χ2n) is 4.79. The Morgan fingerprint density at radius 3 is 2.46 bits per heavy atom. The van der Waals surface area contributed by atoms with Crippen LogP contribution in [0.25, 0.3) is 0 Å². The topological polar surface area (TPSA) is 87.3 Å². The molecular formula is C16H16ClN3O3S. The first-order chi connectivity index (χ1) is 11.6. The maximum absolute atomic E-state index is 12.1. The molecule has 0 aliphatic carbocycles. The Kier molecular flexibility index (Phi) is 6.77. The van der Waals surface area contributed by atoms with Crippen LogP contribution in [0.1, 0.15) is 15.9 Å². The van der Waals surface area contributed by atoms with E-state index in [1.807, 2.05) is 30.3 Å². The van der Waals surface area contributed by atoms with E-state index in [1.54, 1.807) is 11.4 Å². The summed E-state index contributed by atoms with van der Waals surface area (Å²) in [4.78, 5) is 35.2. The average Bonchev–Trinajstić information content (AvgIpc) is 3.06. The highest BCUT2D eigenvalue weighted by Gasteiger charge is 2.15. The van der Waals surface area contributed by atoms with Crippen molar-refractivity contribution in [3.05, 3.63) is 52.9 Å². The number of carbonyl (C=O) groups is 3. The Morgan fingerprint density at radius 1 is 1.00 bits per heavy atom. The molecule has 126 valence electrons. The monoisotopic (exact) mass is 365 g/mol. The molecule has 8 heteroatoms. The van der Waals surface area contributed by atoms with E-state index in [0.29, 0.717) is 17.1 Å². The highest BCUT2D eigenvalue weighted by atomic mass is 35.5. The Labute approximate surface area is 148 Å². The smallest absolute Gasteiger partial charge is 0.254 e. The summed E-state index contributed by atoms with van der Waals surface area (Å²) in [6.07, 6.45) is 0. The molecule has 3 N–H and O–H groups in total. The first kappa shape index (κ1) is 18.0. The lowest BCUT2D eigenvalue weighted by molar-refractivity contribution is -0.120. The Balaban J connectivity index is 1.81. The van der Waals surface area contributed by atoms with Crippen LogP contribution in [0.3, 0.4) is 0 Å². The van der Waals surface area contributed by atoms with Crippen molar-refractivity contribution in [2.45, 2.75) is 6.54 Å². The maximum Gasteiger partial charge on any atom is 0.254 e. The minimum atomic E-state index is -0.434. The van der Waals surface area contributed by atoms with Gasteiger partial charge in [-0.15, -0.1) is 22.9 Å². The van der Waals surface area contributed by atoms with Gasteiger partial charge in [0.1, 0.15) is 10.9 Å². The third-order valence-electron chi connectivity index (χ3n) is 3.03. The van der Waals surface area contributed by atoms with Crippen molar-refractivity contribution >= 4 is 45.7 Å². The van der Waals surface area contributed by atoms with Gasteiger partial charge in [-0.1, -0.05) is 30.3 Å². The molecule has 0 spiro atoms. The van der Waals surface area contributed by atoms with E-state index in [0.717, 1.165) is 5.56 Å². The van der Waals surface area contributed by atoms with Crippen molar-refractivity contribution in [2.24, 2.45) is 0 Å². The van der Waals surface area contributed by atoms with Crippen molar-refractivity contribution in [1.29, 1.82) is 0 Å². The fourth-order valence-electron chi connectivity index (χ4n) is 1.86. The summed E-state index contributed by atoms with van der Waals surface area (Å²) >= 11 is 6.64. The molecule has 0 aliphatic heterocycles. The van der Waals surface area contributed by atoms with Gasteiger partial charge in [0.15, 0.2) is 0 Å². The van der Waals surface area contributed by atoms with Gasteiger partial charge in [0, 0.05) is 6.54 Å². The molecule has 0 bridgehead atoms. The lowest BCUT2D eigenvalue weighted by atomic mass is 10.2. The van der Waals surface area contributed by atoms with Gasteiger partial charge in [-0.3, -0.25) is 14.4 Å². The zero-order valence-electron chi connectivity index (χ0n) is 12.7. The van der Waals surface area contributed by atoms with E-state index in [-0.39, 0.29) is 18.3 Å². The quantitative estimate of drug-likeness (QED) is 0.655. The molecule has 0 saturated carbocycles. The van der Waals surface area contributed by atoms with Gasteiger partial charge in [0.05, 0.1) is 12.1 Å². The molecule has 24 heavy (non-hydrogen) atoms. The number of nitrogens with one attached hydrogen (secondary N) is 3. The van der Waals surface area contributed by atoms with Crippen LogP contribution in [0.5, 0.6) is 0 Å². The van der Waals surface area contributed by atoms with Gasteiger partial charge in [0.2, 0.25) is 11.8 Å². The van der Waals surface area contributed by atoms with E-state index < -0.39 is 11.8 Å². The second kappa shape index (κ2) is 9.05. The lowest BCUT2D eigenvalue weighted by Gasteiger charge is -2.08. The largest absolute Gasteiger partial charge is 0.350 e. The number of carbonyl (C=O) groups excluding carboxylic acids is 3. The van der Waals surface area contributed by atoms with Gasteiger partial charge in [0.25, 0.3) is 5.91 Å². The fourth-order valence-corrected chi connectivity index (χ4v) is 2.73. The highest BCUT2D eigenvalue weighted by molar-refractivity contribution is 7.14. The number of anilines is 1. The molecule has 0 unspecified atom stereocenters. The van der Waals surface area contributed by atoms with Crippen LogP contribution in [-0.4, -0.2) is 30.1 Å². The summed E-state index contributed by atoms with van der Waals surface area (Å²) in [5, 5.41) is 9.86. The van der Waals surface area contributed by atoms with E-state index in [4.69, 9.17) is 11.6 Å². The maximum atomic E-state index is 12.1. The first-order valence-electron chi connectivity index (χ1n) is 7.12. The summed E-state index contributed by atoms with van der Waals surface area (Å²) in [6.45, 7) is 0.245. The Bertz CT molecular complexity index is 718. The molecule has 0 aliphatic rings. The number of thiophene rings is 1. The minimum absolute atomic E-state index is 0.148. The van der Waals surface area contributed by atoms with Crippen LogP contribution < -0.4 is 16.0 Å². The molecule has 6 nitrogen and oxygen atoms in total. The molecule has 2 aromatic rings. The van der Waals surface area contributed by atoms with Crippen LogP contribution in [-0.2, 0) is 16.1 Å². The molecular weight excluding hydrogens is 350 g/mol. The Hall–Kier alpha value is -2.38. The van der Waals surface area contributed by atoms with E-state index in [1.165, 1.54) is 11.3 Å². The van der Waals surface area contributed by atoms with E-state index >= 15 is 0 Å². The zero-order valence-corrected chi connectivity index (χ0v) is 14.2. The minimum Gasteiger partial charge on any atom is -0.350 e. The fraction of sp³-hybridized carbons (Fsp3) is 0.188. The molecule has 0 saturated heterocycles. The number of alkyl halides is 1. The molecule has 3 amide bonds. The number of halogens is 1. The van der Waals surface area contributed by atoms with Crippen LogP contribution >= 0.6 is 22.9 Å². The van der Waals surface area contributed by atoms with Crippen LogP contribution in [0, 0.1) is 0 Å². The summed E-state index contributed by atoms with van der Waals surface area (Å²) < 4.78 is 0. The van der Waals surface area contributed by atoms with Gasteiger partial charge in [-0.2, -0.15) is 0 Å². The molecule has 0 radical (unpaired) electrons. The molecule has 1 aromatic carbocycles. The summed E-state index contributed by atoms with van der Waals surface area (Å²) in [6, 6.07) is 11.0. The van der Waals surface area contributed by atoms with Crippen LogP contribution in [0.2, 0.25) is 0 Å². The first-order valence-corrected chi connectivity index (χ1v) is 8.53. The SMILES string of the molecule is O=C(CNC(=O)c1ccsc1NC(=O)CCl)NCc1ccccc1. The second-order valence-corrected chi connectivity index (χ2v) is 5.97. The predicted octanol–water partition coefficient (Wildman–Crippen LogP) is 1.97. The van der Waals surface area contributed by atoms with Crippen molar-refractivity contribution in [2.75, 3.05) is 17.7 Å². The van der Waals surface area contributed by atoms with Gasteiger partial charge >= 0.3 is 0 Å². The predicted molar refractivity (Wildman–Crippen MR) is 94.3 cm³/mol. The van der Waals surface area contributed by atoms with Gasteiger partial charge in [-0.05, 0) is 17.0 Å². The number of rotatable bonds is 7. The van der Waals surface area contributed by atoms with Crippen LogP contribution in [0.15, 0.2) is 41.8 Å². The summed E-state index contributed by atoms with van der Waals surface area (Å²) in [7, 11) is 0. The third-order valence-corrected chi connectivity index (χ3v) is 4.10. The average molecular weight is 366 g/mol. The normalized spacial score (nSPS) is 10.0. The third kappa shape index (κ3) is 5.36. The van der Waals surface area contributed by atoms with Gasteiger partial charge in [-0.25, -0.2) is 0 Å². The molecule has 0 atom stereocenters. The number of hydrogen-bond donors (Lipinski definition) is 3. The zero-order chi connectivity index (χ0) is 17.4. The number of hydrogen-bond acceptors (Lipinski definition) is 4.